The molecule has 8 aromatic heterocycles. The lowest BCUT2D eigenvalue weighted by Gasteiger charge is -2.27. The minimum Gasteiger partial charge on any atom is -0.320 e. The van der Waals surface area contributed by atoms with Gasteiger partial charge in [0.1, 0.15) is 17.7 Å². The van der Waals surface area contributed by atoms with Gasteiger partial charge in [-0.3, -0.25) is 0 Å². The molecule has 10 nitrogen and oxygen atoms in total. The van der Waals surface area contributed by atoms with Crippen LogP contribution >= 0.6 is 0 Å². The fraction of sp³-hybridized carbons (Fsp3) is 0.0517. The number of nitriles is 1. The third kappa shape index (κ3) is 10.7. The van der Waals surface area contributed by atoms with Crippen molar-refractivity contribution < 1.29 is 8.78 Å². The lowest BCUT2D eigenvalue weighted by molar-refractivity contribution is 0.627. The summed E-state index contributed by atoms with van der Waals surface area (Å²) in [5.41, 5.74) is 29.2. The Morgan fingerprint density at radius 3 is 0.852 bits per heavy atom. The third-order valence-corrected chi connectivity index (χ3v) is 26.8. The van der Waals surface area contributed by atoms with Crippen LogP contribution in [0, 0.1) is 29.5 Å². The van der Waals surface area contributed by atoms with Gasteiger partial charge in [-0.05, 0) is 211 Å². The van der Waals surface area contributed by atoms with Gasteiger partial charge in [0.2, 0.25) is 5.69 Å². The molecule has 0 unspecified atom stereocenters. The maximum absolute atomic E-state index is 14.4. The predicted octanol–water partition coefficient (Wildman–Crippen LogP) is 32.8. The molecule has 26 aromatic rings. The zero-order valence-corrected chi connectivity index (χ0v) is 70.2. The van der Waals surface area contributed by atoms with Crippen molar-refractivity contribution in [2.24, 2.45) is 0 Å². The molecule has 18 aromatic carbocycles. The fourth-order valence-electron chi connectivity index (χ4n) is 21.3. The zero-order valence-electron chi connectivity index (χ0n) is 70.2. The Bertz CT molecular complexity index is 8540. The van der Waals surface area contributed by atoms with E-state index in [0.717, 1.165) is 134 Å². The monoisotopic (exact) mass is 1650 g/mol. The predicted molar refractivity (Wildman–Crippen MR) is 529 cm³/mol. The molecule has 0 aliphatic carbocycles. The van der Waals surface area contributed by atoms with Crippen molar-refractivity contribution in [2.75, 3.05) is 19.6 Å². The van der Waals surface area contributed by atoms with Crippen molar-refractivity contribution in [3.8, 4) is 6.07 Å². The highest BCUT2D eigenvalue weighted by Gasteiger charge is 2.32. The first-order valence-corrected chi connectivity index (χ1v) is 43.6. The largest absolute Gasteiger partial charge is 0.320 e. The van der Waals surface area contributed by atoms with E-state index >= 15 is 0 Å². The topological polar surface area (TPSA) is 58.8 Å². The molecule has 604 valence electrons. The van der Waals surface area contributed by atoms with Crippen molar-refractivity contribution in [1.82, 2.24) is 17.6 Å². The number of fused-ring (bicyclic) bond motifs is 24. The molecule has 8 heterocycles. The molecule has 128 heavy (non-hydrogen) atoms. The van der Waals surface area contributed by atoms with Gasteiger partial charge in [-0.15, -0.1) is 0 Å². The van der Waals surface area contributed by atoms with Crippen molar-refractivity contribution in [3.05, 3.63) is 416 Å². The molecule has 0 saturated carbocycles. The standard InChI is InChI=1S/C60H44F2N4.C56H32N6/c1-35(2)37-17-25-41(26-18-37)63(43-29-21-39(61)22-30-43)51-13-7-15-53-57(51)47-11-5-9-45-49-34-56-50(33-55(49)65(53)59(45)47)46-10-6-12-48-58-52(14-8-16-54(58)66(56)60(46)48)64(44-31-23-40(62)24-32-44)42-27-19-38(20-28-42)36(3)4;1-58-44-25-9-11-27-46(44)60(37-19-6-3-7-20-37)48-29-15-31-50-54(48)41-24-13-22-39-43-32-51-42(33-52(43)62(50)56(39)41)38-21-12-23-40-53-47(28-14-30-49(53)61(51)55(38)40)59(36-17-4-2-5-18-36)45-26-10-8-16-35(45)34-57/h5-36H,1-4H3;2-33H. The number of para-hydroxylation sites is 9. The highest BCUT2D eigenvalue weighted by atomic mass is 19.1. The smallest absolute Gasteiger partial charge is 0.210 e. The average molecular weight is 1650 g/mol. The maximum Gasteiger partial charge on any atom is 0.210 e. The van der Waals surface area contributed by atoms with Crippen LogP contribution in [0.25, 0.3) is 157 Å². The van der Waals surface area contributed by atoms with Crippen LogP contribution in [0.1, 0.15) is 56.2 Å². The molecular formula is C116H76F2N10. The first-order chi connectivity index (χ1) is 63.0. The van der Waals surface area contributed by atoms with Gasteiger partial charge in [0.15, 0.2) is 0 Å². The molecule has 0 radical (unpaired) electrons. The number of hydrogen-bond acceptors (Lipinski definition) is 5. The Hall–Kier alpha value is -16.8. The molecule has 0 aliphatic rings. The summed E-state index contributed by atoms with van der Waals surface area (Å²) in [6, 6.07) is 133. The molecule has 0 saturated heterocycles. The number of aromatic nitrogens is 4. The van der Waals surface area contributed by atoms with E-state index < -0.39 is 0 Å². The van der Waals surface area contributed by atoms with E-state index in [-0.39, 0.29) is 11.6 Å². The lowest BCUT2D eigenvalue weighted by Crippen LogP contribution is -2.11. The van der Waals surface area contributed by atoms with Crippen LogP contribution in [0.15, 0.2) is 376 Å². The molecule has 0 amide bonds. The van der Waals surface area contributed by atoms with Gasteiger partial charge in [-0.25, -0.2) is 13.6 Å². The minimum atomic E-state index is -0.262. The first-order valence-electron chi connectivity index (χ1n) is 43.6. The average Bonchev–Trinajstić information content (AvgIpc) is 1.52. The molecule has 0 N–H and O–H groups in total. The van der Waals surface area contributed by atoms with Crippen LogP contribution in [0.2, 0.25) is 0 Å². The second-order valence-electron chi connectivity index (χ2n) is 34.3. The summed E-state index contributed by atoms with van der Waals surface area (Å²) >= 11 is 0. The van der Waals surface area contributed by atoms with E-state index in [9.17, 15) is 14.0 Å². The lowest BCUT2D eigenvalue weighted by atomic mass is 10.0. The number of anilines is 12. The molecule has 0 atom stereocenters. The van der Waals surface area contributed by atoms with Crippen LogP contribution < -0.4 is 19.6 Å². The summed E-state index contributed by atoms with van der Waals surface area (Å²) in [5, 5.41) is 29.1. The number of hydrogen-bond donors (Lipinski definition) is 0. The van der Waals surface area contributed by atoms with E-state index in [1.54, 1.807) is 24.3 Å². The Morgan fingerprint density at radius 2 is 0.523 bits per heavy atom. The molecule has 26 rings (SSSR count). The second-order valence-corrected chi connectivity index (χ2v) is 34.3. The summed E-state index contributed by atoms with van der Waals surface area (Å²) in [5.74, 6) is 0.283. The van der Waals surface area contributed by atoms with Gasteiger partial charge in [0.05, 0.1) is 112 Å². The van der Waals surface area contributed by atoms with Crippen molar-refractivity contribution in [1.29, 1.82) is 5.26 Å². The van der Waals surface area contributed by atoms with Gasteiger partial charge < -0.3 is 37.2 Å². The molecule has 12 heteroatoms. The highest BCUT2D eigenvalue weighted by molar-refractivity contribution is 6.34. The summed E-state index contributed by atoms with van der Waals surface area (Å²) in [6.07, 6.45) is 0. The Labute approximate surface area is 734 Å². The van der Waals surface area contributed by atoms with Gasteiger partial charge in [0.25, 0.3) is 0 Å². The zero-order chi connectivity index (χ0) is 85.6. The van der Waals surface area contributed by atoms with E-state index in [4.69, 9.17) is 6.57 Å². The van der Waals surface area contributed by atoms with E-state index in [1.165, 1.54) is 97.8 Å². The minimum absolute atomic E-state index is 0.262. The Morgan fingerprint density at radius 1 is 0.258 bits per heavy atom. The first kappa shape index (κ1) is 73.9. The second kappa shape index (κ2) is 28.4. The van der Waals surface area contributed by atoms with Gasteiger partial charge in [0, 0.05) is 120 Å². The van der Waals surface area contributed by atoms with Crippen molar-refractivity contribution in [3.63, 3.8) is 0 Å². The quantitative estimate of drug-likeness (QED) is 0.102. The Kier molecular flexibility index (Phi) is 16.4. The van der Waals surface area contributed by atoms with Gasteiger partial charge in [-0.2, -0.15) is 5.26 Å². The number of rotatable bonds is 14. The van der Waals surface area contributed by atoms with Crippen LogP contribution in [-0.2, 0) is 0 Å². The Balaban J connectivity index is 0.000000139. The number of nitrogens with zero attached hydrogens (tertiary/aromatic N) is 10. The summed E-state index contributed by atoms with van der Waals surface area (Å²) in [4.78, 5) is 13.0. The summed E-state index contributed by atoms with van der Waals surface area (Å²) < 4.78 is 38.7. The van der Waals surface area contributed by atoms with E-state index in [2.05, 4.69) is 331 Å². The van der Waals surface area contributed by atoms with Gasteiger partial charge in [-0.1, -0.05) is 216 Å². The van der Waals surface area contributed by atoms with Crippen LogP contribution in [-0.4, -0.2) is 17.6 Å². The maximum atomic E-state index is 14.4. The highest BCUT2D eigenvalue weighted by Crippen LogP contribution is 2.55. The summed E-state index contributed by atoms with van der Waals surface area (Å²) in [7, 11) is 0. The molecule has 0 fully saturated rings. The van der Waals surface area contributed by atoms with Crippen LogP contribution in [0.3, 0.4) is 0 Å². The molecule has 0 spiro atoms. The SMILES string of the molecule is CC(C)c1ccc(N(c2ccc(F)cc2)c2cccc3c2c2cccc4c5cc6c(cc5n3c42)c2cccc3c4c(N(c5ccc(F)cc5)c5ccc(C(C)C)cc5)cccc4n6c23)cc1.[C-]#[N+]c1ccccc1N(c1ccccc1)c1cccc2c1c1cccc3c4cc5c(cc4n2c31)c1cccc2c3c(N(c4ccccc4)c4ccccc4C#N)cccc3n5c12. The fourth-order valence-corrected chi connectivity index (χ4v) is 21.3. The van der Waals surface area contributed by atoms with Crippen molar-refractivity contribution in [2.45, 2.75) is 39.5 Å². The van der Waals surface area contributed by atoms with Crippen LogP contribution in [0.5, 0.6) is 0 Å². The molecule has 0 bridgehead atoms. The third-order valence-electron chi connectivity index (χ3n) is 26.8. The van der Waals surface area contributed by atoms with E-state index in [0.29, 0.717) is 23.1 Å². The normalized spacial score (nSPS) is 12.1. The summed E-state index contributed by atoms with van der Waals surface area (Å²) in [6.45, 7) is 16.9. The van der Waals surface area contributed by atoms with Crippen molar-refractivity contribution >= 4 is 226 Å². The molecular weight excluding hydrogens is 1570 g/mol. The van der Waals surface area contributed by atoms with Crippen LogP contribution in [0.4, 0.5) is 82.7 Å². The number of benzene rings is 18. The molecule has 0 aliphatic heterocycles. The van der Waals surface area contributed by atoms with Gasteiger partial charge >= 0.3 is 0 Å². The number of halogens is 2. The van der Waals surface area contributed by atoms with E-state index in [1.807, 2.05) is 97.1 Å².